The molecular formula is C17H22N4OS. The Balaban J connectivity index is 1.68. The summed E-state index contributed by atoms with van der Waals surface area (Å²) < 4.78 is 0. The molecule has 1 aliphatic rings. The van der Waals surface area contributed by atoms with E-state index in [-0.39, 0.29) is 5.91 Å². The Morgan fingerprint density at radius 3 is 2.83 bits per heavy atom. The van der Waals surface area contributed by atoms with E-state index in [0.29, 0.717) is 12.3 Å². The zero-order valence-corrected chi connectivity index (χ0v) is 14.7. The van der Waals surface area contributed by atoms with Crippen molar-refractivity contribution in [2.45, 2.75) is 46.0 Å². The lowest BCUT2D eigenvalue weighted by Crippen LogP contribution is -2.40. The molecule has 3 rings (SSSR count). The summed E-state index contributed by atoms with van der Waals surface area (Å²) in [6, 6.07) is 0. The third kappa shape index (κ3) is 3.75. The number of thiazole rings is 1. The van der Waals surface area contributed by atoms with E-state index in [1.807, 2.05) is 31.9 Å². The Morgan fingerprint density at radius 1 is 1.30 bits per heavy atom. The van der Waals surface area contributed by atoms with Gasteiger partial charge in [0, 0.05) is 36.3 Å². The highest BCUT2D eigenvalue weighted by molar-refractivity contribution is 7.11. The standard InChI is InChI=1S/C17H22N4OS/c1-11-8-18-9-15(19-11)14-5-4-6-21(10-14)17(22)7-16-12(2)20-13(3)23-16/h8-9,14H,4-7,10H2,1-3H3/t14-/m1/s1. The summed E-state index contributed by atoms with van der Waals surface area (Å²) in [5.41, 5.74) is 2.92. The van der Waals surface area contributed by atoms with Crippen molar-refractivity contribution in [2.24, 2.45) is 0 Å². The summed E-state index contributed by atoms with van der Waals surface area (Å²) in [5, 5.41) is 1.02. The van der Waals surface area contributed by atoms with Crippen LogP contribution in [-0.4, -0.2) is 38.8 Å². The minimum atomic E-state index is 0.196. The van der Waals surface area contributed by atoms with Crippen LogP contribution in [0.25, 0.3) is 0 Å². The summed E-state index contributed by atoms with van der Waals surface area (Å²) >= 11 is 1.62. The van der Waals surface area contributed by atoms with Crippen LogP contribution in [0.3, 0.4) is 0 Å². The van der Waals surface area contributed by atoms with Gasteiger partial charge in [-0.05, 0) is 33.6 Å². The number of piperidine rings is 1. The molecule has 1 amide bonds. The van der Waals surface area contributed by atoms with E-state index in [0.717, 1.165) is 52.9 Å². The maximum atomic E-state index is 12.6. The molecule has 0 aliphatic carbocycles. The maximum absolute atomic E-state index is 12.6. The number of carbonyl (C=O) groups excluding carboxylic acids is 1. The number of nitrogens with zero attached hydrogens (tertiary/aromatic N) is 4. The van der Waals surface area contributed by atoms with Crippen molar-refractivity contribution in [3.05, 3.63) is 39.4 Å². The molecule has 5 nitrogen and oxygen atoms in total. The smallest absolute Gasteiger partial charge is 0.227 e. The molecule has 2 aromatic rings. The minimum Gasteiger partial charge on any atom is -0.342 e. The Labute approximate surface area is 140 Å². The number of likely N-dealkylation sites (tertiary alicyclic amines) is 1. The van der Waals surface area contributed by atoms with E-state index in [1.165, 1.54) is 0 Å². The highest BCUT2D eigenvalue weighted by Gasteiger charge is 2.26. The van der Waals surface area contributed by atoms with Crippen LogP contribution in [0.5, 0.6) is 0 Å². The highest BCUT2D eigenvalue weighted by atomic mass is 32.1. The average molecular weight is 330 g/mol. The van der Waals surface area contributed by atoms with Crippen LogP contribution >= 0.6 is 11.3 Å². The fraction of sp³-hybridized carbons (Fsp3) is 0.529. The van der Waals surface area contributed by atoms with Crippen molar-refractivity contribution in [1.82, 2.24) is 19.9 Å². The topological polar surface area (TPSA) is 59.0 Å². The molecule has 1 saturated heterocycles. The van der Waals surface area contributed by atoms with Crippen LogP contribution in [0.4, 0.5) is 0 Å². The molecule has 3 heterocycles. The van der Waals surface area contributed by atoms with Gasteiger partial charge in [-0.1, -0.05) is 0 Å². The summed E-state index contributed by atoms with van der Waals surface area (Å²) in [5.74, 6) is 0.492. The molecule has 23 heavy (non-hydrogen) atoms. The Bertz CT molecular complexity index is 712. The summed E-state index contributed by atoms with van der Waals surface area (Å²) in [7, 11) is 0. The van der Waals surface area contributed by atoms with Crippen LogP contribution < -0.4 is 0 Å². The second kappa shape index (κ2) is 6.74. The van der Waals surface area contributed by atoms with E-state index < -0.39 is 0 Å². The van der Waals surface area contributed by atoms with Gasteiger partial charge in [-0.3, -0.25) is 14.8 Å². The van der Waals surface area contributed by atoms with E-state index >= 15 is 0 Å². The molecule has 0 saturated carbocycles. The lowest BCUT2D eigenvalue weighted by molar-refractivity contribution is -0.131. The normalized spacial score (nSPS) is 18.2. The van der Waals surface area contributed by atoms with Crippen LogP contribution in [-0.2, 0) is 11.2 Å². The SMILES string of the molecule is Cc1cncc([C@@H]2CCCN(C(=O)Cc3sc(C)nc3C)C2)n1. The van der Waals surface area contributed by atoms with Gasteiger partial charge >= 0.3 is 0 Å². The van der Waals surface area contributed by atoms with Gasteiger partial charge in [-0.15, -0.1) is 11.3 Å². The summed E-state index contributed by atoms with van der Waals surface area (Å²) in [6.45, 7) is 7.50. The number of carbonyl (C=O) groups is 1. The third-order valence-corrected chi connectivity index (χ3v) is 5.35. The van der Waals surface area contributed by atoms with Crippen molar-refractivity contribution in [3.8, 4) is 0 Å². The number of aryl methyl sites for hydroxylation is 3. The second-order valence-electron chi connectivity index (χ2n) is 6.18. The van der Waals surface area contributed by atoms with Crippen molar-refractivity contribution in [2.75, 3.05) is 13.1 Å². The highest BCUT2D eigenvalue weighted by Crippen LogP contribution is 2.26. The lowest BCUT2D eigenvalue weighted by Gasteiger charge is -2.32. The largest absolute Gasteiger partial charge is 0.342 e. The summed E-state index contributed by atoms with van der Waals surface area (Å²) in [6.07, 6.45) is 6.16. The van der Waals surface area contributed by atoms with Gasteiger partial charge in [0.05, 0.1) is 28.5 Å². The van der Waals surface area contributed by atoms with Gasteiger partial charge in [0.1, 0.15) is 0 Å². The first-order chi connectivity index (χ1) is 11.0. The molecule has 0 spiro atoms. The van der Waals surface area contributed by atoms with Crippen LogP contribution in [0.15, 0.2) is 12.4 Å². The Kier molecular flexibility index (Phi) is 4.71. The Morgan fingerprint density at radius 2 is 2.13 bits per heavy atom. The Hall–Kier alpha value is -1.82. The van der Waals surface area contributed by atoms with Gasteiger partial charge < -0.3 is 4.90 Å². The number of hydrogen-bond acceptors (Lipinski definition) is 5. The van der Waals surface area contributed by atoms with Crippen molar-refractivity contribution in [3.63, 3.8) is 0 Å². The molecule has 0 bridgehead atoms. The van der Waals surface area contributed by atoms with Crippen molar-refractivity contribution >= 4 is 17.2 Å². The molecule has 0 aromatic carbocycles. The first-order valence-corrected chi connectivity index (χ1v) is 8.84. The van der Waals surface area contributed by atoms with Crippen LogP contribution in [0, 0.1) is 20.8 Å². The van der Waals surface area contributed by atoms with Gasteiger partial charge in [0.25, 0.3) is 0 Å². The molecule has 1 aliphatic heterocycles. The lowest BCUT2D eigenvalue weighted by atomic mass is 9.94. The van der Waals surface area contributed by atoms with E-state index in [9.17, 15) is 4.79 Å². The van der Waals surface area contributed by atoms with Gasteiger partial charge in [-0.25, -0.2) is 4.98 Å². The molecular weight excluding hydrogens is 308 g/mol. The van der Waals surface area contributed by atoms with E-state index in [4.69, 9.17) is 0 Å². The molecule has 122 valence electrons. The number of hydrogen-bond donors (Lipinski definition) is 0. The van der Waals surface area contributed by atoms with Crippen LogP contribution in [0.2, 0.25) is 0 Å². The monoisotopic (exact) mass is 330 g/mol. The molecule has 1 fully saturated rings. The van der Waals surface area contributed by atoms with Crippen molar-refractivity contribution < 1.29 is 4.79 Å². The fourth-order valence-electron chi connectivity index (χ4n) is 3.11. The summed E-state index contributed by atoms with van der Waals surface area (Å²) in [4.78, 5) is 28.9. The number of aromatic nitrogens is 3. The van der Waals surface area contributed by atoms with E-state index in [1.54, 1.807) is 17.5 Å². The quantitative estimate of drug-likeness (QED) is 0.868. The first-order valence-electron chi connectivity index (χ1n) is 8.02. The molecule has 0 radical (unpaired) electrons. The number of rotatable bonds is 3. The van der Waals surface area contributed by atoms with Gasteiger partial charge in [0.2, 0.25) is 5.91 Å². The molecule has 0 unspecified atom stereocenters. The van der Waals surface area contributed by atoms with Crippen LogP contribution in [0.1, 0.15) is 45.7 Å². The van der Waals surface area contributed by atoms with Gasteiger partial charge in [-0.2, -0.15) is 0 Å². The average Bonchev–Trinajstić information content (AvgIpc) is 2.85. The molecule has 0 N–H and O–H groups in total. The zero-order chi connectivity index (χ0) is 16.4. The predicted molar refractivity (Wildman–Crippen MR) is 90.6 cm³/mol. The minimum absolute atomic E-state index is 0.196. The molecule has 2 aromatic heterocycles. The molecule has 6 heteroatoms. The number of amides is 1. The van der Waals surface area contributed by atoms with E-state index in [2.05, 4.69) is 15.0 Å². The predicted octanol–water partition coefficient (Wildman–Crippen LogP) is 2.81. The third-order valence-electron chi connectivity index (χ3n) is 4.28. The second-order valence-corrected chi connectivity index (χ2v) is 7.47. The maximum Gasteiger partial charge on any atom is 0.227 e. The van der Waals surface area contributed by atoms with Gasteiger partial charge in [0.15, 0.2) is 0 Å². The molecule has 1 atom stereocenters. The zero-order valence-electron chi connectivity index (χ0n) is 13.9. The van der Waals surface area contributed by atoms with Crippen molar-refractivity contribution in [1.29, 1.82) is 0 Å². The fourth-order valence-corrected chi connectivity index (χ4v) is 4.04. The first kappa shape index (κ1) is 16.1.